The van der Waals surface area contributed by atoms with Gasteiger partial charge in [0.1, 0.15) is 16.4 Å². The molecule has 33 heavy (non-hydrogen) atoms. The Morgan fingerprint density at radius 3 is 2.45 bits per heavy atom. The van der Waals surface area contributed by atoms with Gasteiger partial charge in [0.25, 0.3) is 0 Å². The van der Waals surface area contributed by atoms with E-state index < -0.39 is 17.4 Å². The van der Waals surface area contributed by atoms with Crippen LogP contribution in [-0.2, 0) is 4.79 Å². The van der Waals surface area contributed by atoms with Crippen LogP contribution in [0.25, 0.3) is 11.1 Å². The zero-order valence-electron chi connectivity index (χ0n) is 20.7. The van der Waals surface area contributed by atoms with E-state index in [0.29, 0.717) is 22.9 Å². The molecule has 0 atom stereocenters. The third-order valence-electron chi connectivity index (χ3n) is 5.24. The highest BCUT2D eigenvalue weighted by Gasteiger charge is 2.32. The highest BCUT2D eigenvalue weighted by atomic mass is 35.5. The van der Waals surface area contributed by atoms with Crippen molar-refractivity contribution in [2.75, 3.05) is 0 Å². The van der Waals surface area contributed by atoms with Crippen LogP contribution in [-0.4, -0.2) is 22.8 Å². The Balaban J connectivity index is 2.73. The van der Waals surface area contributed by atoms with Gasteiger partial charge in [-0.15, -0.1) is 0 Å². The Bertz CT molecular complexity index is 1040. The summed E-state index contributed by atoms with van der Waals surface area (Å²) in [5.74, 6) is -1.35. The lowest BCUT2D eigenvalue weighted by molar-refractivity contribution is -0.134. The summed E-state index contributed by atoms with van der Waals surface area (Å²) in [5, 5.41) is 9.25. The molecule has 0 radical (unpaired) electrons. The van der Waals surface area contributed by atoms with E-state index in [0.717, 1.165) is 22.3 Å². The maximum absolute atomic E-state index is 13.6. The Kier molecular flexibility index (Phi) is 8.58. The zero-order chi connectivity index (χ0) is 25.1. The Hall–Kier alpha value is -2.53. The molecule has 0 saturated heterocycles. The molecule has 0 fully saturated rings. The van der Waals surface area contributed by atoms with Crippen molar-refractivity contribution in [2.45, 2.75) is 73.5 Å². The second kappa shape index (κ2) is 10.6. The Morgan fingerprint density at radius 1 is 1.30 bits per heavy atom. The lowest BCUT2D eigenvalue weighted by atomic mass is 9.85. The first-order chi connectivity index (χ1) is 15.3. The van der Waals surface area contributed by atoms with Crippen molar-refractivity contribution < 1.29 is 23.8 Å². The second-order valence-electron chi connectivity index (χ2n) is 9.28. The second-order valence-corrected chi connectivity index (χ2v) is 9.66. The van der Waals surface area contributed by atoms with Gasteiger partial charge in [-0.25, -0.2) is 4.79 Å². The number of hydrogen-bond donors (Lipinski definition) is 1. The molecule has 1 aliphatic rings. The van der Waals surface area contributed by atoms with Crippen molar-refractivity contribution in [3.8, 4) is 11.5 Å². The largest absolute Gasteiger partial charge is 0.489 e. The molecule has 1 aromatic carbocycles. The van der Waals surface area contributed by atoms with Gasteiger partial charge in [-0.2, -0.15) is 4.39 Å². The number of carboxylic acids is 1. The number of hydrogen-bond acceptors (Lipinski definition) is 3. The summed E-state index contributed by atoms with van der Waals surface area (Å²) in [4.78, 5) is 10.8. The quantitative estimate of drug-likeness (QED) is 0.305. The Morgan fingerprint density at radius 2 is 1.94 bits per heavy atom. The number of carbonyl (C=O) groups is 1. The molecule has 0 bridgehead atoms. The van der Waals surface area contributed by atoms with Gasteiger partial charge in [-0.3, -0.25) is 0 Å². The van der Waals surface area contributed by atoms with E-state index in [2.05, 4.69) is 19.9 Å². The predicted molar refractivity (Wildman–Crippen MR) is 134 cm³/mol. The minimum Gasteiger partial charge on any atom is -0.489 e. The van der Waals surface area contributed by atoms with E-state index in [1.807, 2.05) is 46.8 Å². The number of aliphatic carboxylic acids is 1. The maximum Gasteiger partial charge on any atom is 0.365 e. The van der Waals surface area contributed by atoms with Gasteiger partial charge in [-0.05, 0) is 75.8 Å². The minimum absolute atomic E-state index is 0.0389. The SMILES string of the molecule is CC\C(=C/C=C/C(C)=C(/F)C(=O)O)c1cc2c(c(Cl)c1OC(C)C)OC(C)(C)C=C2C(C)C. The molecular weight excluding hydrogens is 443 g/mol. The third kappa shape index (κ3) is 6.29. The molecular formula is C27H34ClFO4. The number of allylic oxidation sites excluding steroid dienone is 6. The standard InChI is InChI=1S/C27H34ClFO4/c1-9-18(12-10-11-17(6)23(29)26(30)31)19-13-20-21(15(2)3)14-27(7,8)33-25(20)22(28)24(19)32-16(4)5/h10-16H,9H2,1-8H3,(H,30,31)/b11-10+,18-12+,23-17+. The molecule has 6 heteroatoms. The third-order valence-corrected chi connectivity index (χ3v) is 5.58. The van der Waals surface area contributed by atoms with Crippen molar-refractivity contribution in [3.05, 3.63) is 57.9 Å². The molecule has 1 aliphatic heterocycles. The summed E-state index contributed by atoms with van der Waals surface area (Å²) in [6.45, 7) is 15.6. The van der Waals surface area contributed by atoms with Crippen LogP contribution in [0.5, 0.6) is 11.5 Å². The lowest BCUT2D eigenvalue weighted by Crippen LogP contribution is -2.30. The van der Waals surface area contributed by atoms with Crippen LogP contribution in [0, 0.1) is 5.92 Å². The molecule has 4 nitrogen and oxygen atoms in total. The van der Waals surface area contributed by atoms with Gasteiger partial charge >= 0.3 is 5.97 Å². The minimum atomic E-state index is -1.58. The fraction of sp³-hybridized carbons (Fsp3) is 0.444. The maximum atomic E-state index is 13.6. The van der Waals surface area contributed by atoms with Crippen molar-refractivity contribution in [2.24, 2.45) is 5.92 Å². The van der Waals surface area contributed by atoms with E-state index in [1.54, 1.807) is 6.08 Å². The van der Waals surface area contributed by atoms with Crippen molar-refractivity contribution in [3.63, 3.8) is 0 Å². The number of fused-ring (bicyclic) bond motifs is 1. The molecule has 1 N–H and O–H groups in total. The summed E-state index contributed by atoms with van der Waals surface area (Å²) < 4.78 is 26.0. The summed E-state index contributed by atoms with van der Waals surface area (Å²) in [5.41, 5.74) is 3.36. The van der Waals surface area contributed by atoms with Crippen LogP contribution in [0.1, 0.15) is 72.9 Å². The molecule has 0 unspecified atom stereocenters. The summed E-state index contributed by atoms with van der Waals surface area (Å²) in [6, 6.07) is 2.05. The number of halogens is 2. The van der Waals surface area contributed by atoms with Crippen LogP contribution in [0.3, 0.4) is 0 Å². The van der Waals surface area contributed by atoms with Crippen LogP contribution in [0.2, 0.25) is 5.02 Å². The van der Waals surface area contributed by atoms with Crippen molar-refractivity contribution >= 4 is 28.7 Å². The predicted octanol–water partition coefficient (Wildman–Crippen LogP) is 8.02. The smallest absolute Gasteiger partial charge is 0.365 e. The number of benzene rings is 1. The molecule has 180 valence electrons. The van der Waals surface area contributed by atoms with Gasteiger partial charge in [0.05, 0.1) is 6.10 Å². The zero-order valence-corrected chi connectivity index (χ0v) is 21.4. The van der Waals surface area contributed by atoms with Gasteiger partial charge in [0.15, 0.2) is 5.75 Å². The van der Waals surface area contributed by atoms with E-state index in [-0.39, 0.29) is 17.6 Å². The molecule has 0 amide bonds. The fourth-order valence-electron chi connectivity index (χ4n) is 3.69. The van der Waals surface area contributed by atoms with Crippen LogP contribution >= 0.6 is 11.6 Å². The van der Waals surface area contributed by atoms with Crippen molar-refractivity contribution in [1.29, 1.82) is 0 Å². The molecule has 1 aromatic rings. The van der Waals surface area contributed by atoms with Crippen LogP contribution < -0.4 is 9.47 Å². The summed E-state index contributed by atoms with van der Waals surface area (Å²) in [7, 11) is 0. The average molecular weight is 477 g/mol. The molecule has 0 spiro atoms. The Labute approximate surface area is 201 Å². The molecule has 0 saturated carbocycles. The number of carboxylic acid groups (broad SMARTS) is 1. The van der Waals surface area contributed by atoms with E-state index >= 15 is 0 Å². The molecule has 1 heterocycles. The fourth-order valence-corrected chi connectivity index (χ4v) is 3.98. The van der Waals surface area contributed by atoms with E-state index in [1.165, 1.54) is 13.0 Å². The highest BCUT2D eigenvalue weighted by molar-refractivity contribution is 6.34. The monoisotopic (exact) mass is 476 g/mol. The van der Waals surface area contributed by atoms with Crippen LogP contribution in [0.4, 0.5) is 4.39 Å². The first-order valence-corrected chi connectivity index (χ1v) is 11.6. The number of rotatable bonds is 8. The van der Waals surface area contributed by atoms with Gasteiger partial charge in [-0.1, -0.05) is 50.6 Å². The summed E-state index contributed by atoms with van der Waals surface area (Å²) >= 11 is 6.89. The number of ether oxygens (including phenoxy) is 2. The topological polar surface area (TPSA) is 55.8 Å². The lowest BCUT2D eigenvalue weighted by Gasteiger charge is -2.34. The van der Waals surface area contributed by atoms with Gasteiger partial charge in [0.2, 0.25) is 5.83 Å². The van der Waals surface area contributed by atoms with Gasteiger partial charge in [0, 0.05) is 11.1 Å². The highest BCUT2D eigenvalue weighted by Crippen LogP contribution is 2.50. The molecule has 0 aliphatic carbocycles. The first kappa shape index (κ1) is 26.7. The van der Waals surface area contributed by atoms with E-state index in [9.17, 15) is 9.18 Å². The van der Waals surface area contributed by atoms with E-state index in [4.69, 9.17) is 26.2 Å². The van der Waals surface area contributed by atoms with Crippen molar-refractivity contribution in [1.82, 2.24) is 0 Å². The average Bonchev–Trinajstić information content (AvgIpc) is 2.71. The first-order valence-electron chi connectivity index (χ1n) is 11.2. The normalized spacial score (nSPS) is 16.5. The summed E-state index contributed by atoms with van der Waals surface area (Å²) in [6.07, 6.45) is 7.58. The molecule has 2 rings (SSSR count). The molecule has 0 aromatic heterocycles. The van der Waals surface area contributed by atoms with Crippen LogP contribution in [0.15, 0.2) is 41.8 Å². The van der Waals surface area contributed by atoms with Gasteiger partial charge < -0.3 is 14.6 Å².